The van der Waals surface area contributed by atoms with Crippen LogP contribution in [0.25, 0.3) is 0 Å². The van der Waals surface area contributed by atoms with E-state index in [1.165, 1.54) is 0 Å². The minimum Gasteiger partial charge on any atom is -0.367 e. The first kappa shape index (κ1) is 12.5. The zero-order valence-corrected chi connectivity index (χ0v) is 9.21. The van der Waals surface area contributed by atoms with Crippen LogP contribution >= 0.6 is 7.82 Å². The van der Waals surface area contributed by atoms with Gasteiger partial charge in [-0.3, -0.25) is 14.0 Å². The summed E-state index contributed by atoms with van der Waals surface area (Å²) in [6.45, 7) is -0.0748. The molecule has 88 valence electrons. The van der Waals surface area contributed by atoms with Crippen molar-refractivity contribution >= 4 is 13.8 Å². The third-order valence-electron chi connectivity index (χ3n) is 1.49. The number of phosphoric ester groups is 1. The van der Waals surface area contributed by atoms with Crippen LogP contribution in [0.4, 0.5) is 0 Å². The van der Waals surface area contributed by atoms with E-state index in [1.54, 1.807) is 24.3 Å². The second-order valence-electron chi connectivity index (χ2n) is 2.83. The van der Waals surface area contributed by atoms with Crippen LogP contribution in [0.5, 0.6) is 0 Å². The summed E-state index contributed by atoms with van der Waals surface area (Å²) in [4.78, 5) is 9.12. The van der Waals surface area contributed by atoms with Crippen LogP contribution in [0.3, 0.4) is 0 Å². The fraction of sp³-hybridized carbons (Fsp3) is 0.125. The molecule has 0 heterocycles. The zero-order chi connectivity index (χ0) is 12.0. The highest BCUT2D eigenvalue weighted by atomic mass is 31.2. The van der Waals surface area contributed by atoms with Crippen molar-refractivity contribution in [2.24, 2.45) is 16.6 Å². The molecule has 8 heteroatoms. The summed E-state index contributed by atoms with van der Waals surface area (Å²) in [5.41, 5.74) is 10.6. The summed E-state index contributed by atoms with van der Waals surface area (Å²) in [5.74, 6) is -0.461. The second kappa shape index (κ2) is 5.50. The first-order valence-corrected chi connectivity index (χ1v) is 5.78. The second-order valence-corrected chi connectivity index (χ2v) is 4.18. The highest BCUT2D eigenvalue weighted by Gasteiger charge is 2.22. The summed E-state index contributed by atoms with van der Waals surface area (Å²) in [6, 6.07) is 8.84. The molecule has 0 aliphatic rings. The Kier molecular flexibility index (Phi) is 4.30. The molecule has 1 rings (SSSR count). The molecular weight excluding hydrogens is 233 g/mol. The number of hydrogen-bond acceptors (Lipinski definition) is 4. The van der Waals surface area contributed by atoms with Crippen LogP contribution in [0.2, 0.25) is 0 Å². The third kappa shape index (κ3) is 4.79. The van der Waals surface area contributed by atoms with Gasteiger partial charge in [0, 0.05) is 0 Å². The Labute approximate surface area is 92.3 Å². The van der Waals surface area contributed by atoms with Crippen molar-refractivity contribution < 1.29 is 18.6 Å². The van der Waals surface area contributed by atoms with Crippen LogP contribution in [-0.2, 0) is 20.3 Å². The highest BCUT2D eigenvalue weighted by Crippen LogP contribution is 2.44. The maximum Gasteiger partial charge on any atom is 0.548 e. The van der Waals surface area contributed by atoms with Crippen molar-refractivity contribution in [2.75, 3.05) is 0 Å². The van der Waals surface area contributed by atoms with E-state index in [0.717, 1.165) is 5.56 Å². The maximum atomic E-state index is 11.2. The van der Waals surface area contributed by atoms with Gasteiger partial charge in [0.05, 0.1) is 6.61 Å². The van der Waals surface area contributed by atoms with E-state index >= 15 is 0 Å². The molecule has 0 spiro atoms. The summed E-state index contributed by atoms with van der Waals surface area (Å²) >= 11 is 0. The zero-order valence-electron chi connectivity index (χ0n) is 8.31. The molecule has 0 aromatic heterocycles. The minimum absolute atomic E-state index is 0.0748. The molecule has 1 atom stereocenters. The van der Waals surface area contributed by atoms with Gasteiger partial charge in [-0.15, -0.1) is 0 Å². The van der Waals surface area contributed by atoms with E-state index in [9.17, 15) is 4.57 Å². The van der Waals surface area contributed by atoms with E-state index in [2.05, 4.69) is 14.3 Å². The molecule has 0 radical (unpaired) electrons. The monoisotopic (exact) mass is 245 g/mol. The van der Waals surface area contributed by atoms with Crippen LogP contribution < -0.4 is 11.5 Å². The van der Waals surface area contributed by atoms with E-state index < -0.39 is 13.8 Å². The number of guanidine groups is 1. The predicted octanol–water partition coefficient (Wildman–Crippen LogP) is 0.509. The van der Waals surface area contributed by atoms with E-state index in [0.29, 0.717) is 0 Å². The highest BCUT2D eigenvalue weighted by molar-refractivity contribution is 7.47. The smallest absolute Gasteiger partial charge is 0.367 e. The minimum atomic E-state index is -4.26. The Hall–Kier alpha value is -1.56. The van der Waals surface area contributed by atoms with Gasteiger partial charge in [-0.2, -0.15) is 0 Å². The average Bonchev–Trinajstić information content (AvgIpc) is 2.26. The molecule has 1 aromatic carbocycles. The van der Waals surface area contributed by atoms with Gasteiger partial charge in [-0.1, -0.05) is 30.3 Å². The first-order valence-electron chi connectivity index (χ1n) is 4.28. The van der Waals surface area contributed by atoms with Gasteiger partial charge in [0.1, 0.15) is 0 Å². The largest absolute Gasteiger partial charge is 0.548 e. The maximum absolute atomic E-state index is 11.2. The normalized spacial score (nSPS) is 13.8. The van der Waals surface area contributed by atoms with Gasteiger partial charge in [0.2, 0.25) is 5.96 Å². The fourth-order valence-electron chi connectivity index (χ4n) is 0.853. The lowest BCUT2D eigenvalue weighted by Gasteiger charge is -2.08. The number of oxime groups is 1. The van der Waals surface area contributed by atoms with Crippen LogP contribution in [0.15, 0.2) is 35.5 Å². The van der Waals surface area contributed by atoms with Crippen molar-refractivity contribution in [3.05, 3.63) is 35.9 Å². The van der Waals surface area contributed by atoms with Crippen LogP contribution in [0, 0.1) is 0 Å². The number of benzene rings is 1. The summed E-state index contributed by atoms with van der Waals surface area (Å²) in [5, 5.41) is 2.94. The molecule has 7 nitrogen and oxygen atoms in total. The fourth-order valence-corrected chi connectivity index (χ4v) is 1.41. The predicted molar refractivity (Wildman–Crippen MR) is 58.0 cm³/mol. The molecule has 0 aliphatic carbocycles. The Bertz CT molecular complexity index is 405. The quantitative estimate of drug-likeness (QED) is 0.301. The van der Waals surface area contributed by atoms with Gasteiger partial charge in [0.25, 0.3) is 0 Å². The molecule has 1 unspecified atom stereocenters. The Morgan fingerprint density at radius 1 is 1.38 bits per heavy atom. The summed E-state index contributed by atoms with van der Waals surface area (Å²) in [6.07, 6.45) is 0. The number of rotatable bonds is 5. The molecule has 16 heavy (non-hydrogen) atoms. The van der Waals surface area contributed by atoms with Crippen molar-refractivity contribution in [1.29, 1.82) is 0 Å². The topological polar surface area (TPSA) is 120 Å². The number of phosphoric acid groups is 1. The van der Waals surface area contributed by atoms with Crippen molar-refractivity contribution in [2.45, 2.75) is 6.61 Å². The van der Waals surface area contributed by atoms with Gasteiger partial charge < -0.3 is 11.5 Å². The lowest BCUT2D eigenvalue weighted by Crippen LogP contribution is -2.22. The molecular formula is C8H12N3O4P. The van der Waals surface area contributed by atoms with E-state index in [1.807, 2.05) is 6.07 Å². The number of nitrogens with zero attached hydrogens (tertiary/aromatic N) is 1. The molecule has 0 fully saturated rings. The lowest BCUT2D eigenvalue weighted by atomic mass is 10.2. The van der Waals surface area contributed by atoms with Gasteiger partial charge in [-0.05, 0) is 10.7 Å². The molecule has 0 amide bonds. The summed E-state index contributed by atoms with van der Waals surface area (Å²) < 4.78 is 20.0. The van der Waals surface area contributed by atoms with E-state index in [4.69, 9.17) is 16.4 Å². The third-order valence-corrected chi connectivity index (χ3v) is 2.23. The average molecular weight is 245 g/mol. The number of nitrogens with two attached hydrogens (primary N) is 2. The Morgan fingerprint density at radius 3 is 2.56 bits per heavy atom. The molecule has 0 aliphatic heterocycles. The molecule has 5 N–H and O–H groups in total. The van der Waals surface area contributed by atoms with Crippen LogP contribution in [0.1, 0.15) is 5.56 Å². The van der Waals surface area contributed by atoms with Crippen molar-refractivity contribution in [3.63, 3.8) is 0 Å². The molecule has 1 aromatic rings. The van der Waals surface area contributed by atoms with Crippen molar-refractivity contribution in [3.8, 4) is 0 Å². The summed E-state index contributed by atoms with van der Waals surface area (Å²) in [7, 11) is -4.26. The van der Waals surface area contributed by atoms with Gasteiger partial charge in [-0.25, -0.2) is 4.57 Å². The van der Waals surface area contributed by atoms with Gasteiger partial charge in [0.15, 0.2) is 0 Å². The molecule has 0 saturated carbocycles. The SMILES string of the molecule is NC(N)=NOP(=O)(O)OCc1ccccc1. The molecule has 0 saturated heterocycles. The standard InChI is InChI=1S/C8H12N3O4P/c9-8(10)11-15-16(12,13)14-6-7-4-2-1-3-5-7/h1-5H,6H2,(H,12,13)(H4,9,10,11). The Morgan fingerprint density at radius 2 is 2.00 bits per heavy atom. The first-order chi connectivity index (χ1) is 7.49. The lowest BCUT2D eigenvalue weighted by molar-refractivity contribution is 0.147. The van der Waals surface area contributed by atoms with Crippen LogP contribution in [-0.4, -0.2) is 10.9 Å². The van der Waals surface area contributed by atoms with Crippen molar-refractivity contribution in [1.82, 2.24) is 0 Å². The van der Waals surface area contributed by atoms with Gasteiger partial charge >= 0.3 is 7.82 Å². The Balaban J connectivity index is 2.48. The van der Waals surface area contributed by atoms with E-state index in [-0.39, 0.29) is 6.61 Å². The molecule has 0 bridgehead atoms. The number of hydrogen-bond donors (Lipinski definition) is 3.